The fourth-order valence-electron chi connectivity index (χ4n) is 3.57. The molecule has 0 saturated heterocycles. The number of anilines is 1. The van der Waals surface area contributed by atoms with Crippen molar-refractivity contribution >= 4 is 57.8 Å². The molecule has 0 aliphatic carbocycles. The van der Waals surface area contributed by atoms with Crippen molar-refractivity contribution in [3.05, 3.63) is 59.9 Å². The Balaban J connectivity index is 1.72. The molecule has 25 heavy (non-hydrogen) atoms. The maximum atomic E-state index is 12.2. The van der Waals surface area contributed by atoms with Crippen LogP contribution in [0.2, 0.25) is 0 Å². The minimum absolute atomic E-state index is 0.0519. The average Bonchev–Trinajstić information content (AvgIpc) is 3.32. The monoisotopic (exact) mass is 406 g/mol. The molecule has 2 nitrogen and oxygen atoms in total. The van der Waals surface area contributed by atoms with Crippen molar-refractivity contribution in [1.29, 1.82) is 0 Å². The van der Waals surface area contributed by atoms with Gasteiger partial charge in [-0.2, -0.15) is 0 Å². The summed E-state index contributed by atoms with van der Waals surface area (Å²) in [6.45, 7) is 7.20. The number of carbonyl (C=O) groups excluding carboxylic acids is 1. The van der Waals surface area contributed by atoms with Gasteiger partial charge in [0, 0.05) is 24.6 Å². The van der Waals surface area contributed by atoms with E-state index in [1.165, 1.54) is 14.0 Å². The van der Waals surface area contributed by atoms with Crippen LogP contribution in [0, 0.1) is 0 Å². The molecule has 3 heterocycles. The van der Waals surface area contributed by atoms with E-state index in [0.717, 1.165) is 12.2 Å². The molecule has 4 rings (SSSR count). The molecule has 3 aliphatic rings. The number of amides is 1. The first-order valence-corrected chi connectivity index (χ1v) is 12.1. The normalized spacial score (nSPS) is 25.2. The summed E-state index contributed by atoms with van der Waals surface area (Å²) in [6.07, 6.45) is 0. The Morgan fingerprint density at radius 3 is 2.60 bits per heavy atom. The molecule has 3 aliphatic heterocycles. The lowest BCUT2D eigenvalue weighted by molar-refractivity contribution is -0.116. The average molecular weight is 407 g/mol. The Morgan fingerprint density at radius 1 is 1.16 bits per heavy atom. The maximum Gasteiger partial charge on any atom is 0.223 e. The van der Waals surface area contributed by atoms with Gasteiger partial charge in [0.2, 0.25) is 10.1 Å². The predicted octanol–water partition coefficient (Wildman–Crippen LogP) is 5.83. The van der Waals surface area contributed by atoms with Gasteiger partial charge < -0.3 is 4.90 Å². The Kier molecular flexibility index (Phi) is 4.82. The first-order chi connectivity index (χ1) is 12.0. The molecule has 0 bridgehead atoms. The molecule has 0 radical (unpaired) electrons. The highest BCUT2D eigenvalue weighted by Gasteiger charge is 2.54. The third kappa shape index (κ3) is 3.01. The quantitative estimate of drug-likeness (QED) is 0.576. The predicted molar refractivity (Wildman–Crippen MR) is 117 cm³/mol. The fourth-order valence-corrected chi connectivity index (χ4v) is 10.3. The van der Waals surface area contributed by atoms with Crippen molar-refractivity contribution in [3.63, 3.8) is 0 Å². The second-order valence-electron chi connectivity index (χ2n) is 6.66. The molecule has 130 valence electrons. The zero-order valence-electron chi connectivity index (χ0n) is 14.4. The highest BCUT2D eigenvalue weighted by Crippen LogP contribution is 2.55. The Morgan fingerprint density at radius 2 is 1.88 bits per heavy atom. The summed E-state index contributed by atoms with van der Waals surface area (Å²) in [4.78, 5) is 14.1. The summed E-state index contributed by atoms with van der Waals surface area (Å²) in [5, 5.41) is 8.97. The van der Waals surface area contributed by atoms with E-state index in [-0.39, 0.29) is 21.5 Å². The van der Waals surface area contributed by atoms with E-state index < -0.39 is 0 Å². The van der Waals surface area contributed by atoms with E-state index in [4.69, 9.17) is 0 Å². The van der Waals surface area contributed by atoms with Crippen LogP contribution < -0.4 is 4.90 Å². The number of rotatable bonds is 2. The van der Waals surface area contributed by atoms with Crippen LogP contribution in [-0.2, 0) is 15.7 Å². The first kappa shape index (κ1) is 17.7. The maximum absolute atomic E-state index is 12.2. The summed E-state index contributed by atoms with van der Waals surface area (Å²) in [6, 6.07) is 8.41. The molecule has 0 aromatic heterocycles. The standard InChI is InChI=1S/C19H20NOS4/c1-13(21)20-12-15(14-6-4-5-7-16(14)20)19(2,3)25-11-10-24-18(25)17-22-8-9-23-17/h4-11,15H,12H2,1-3H3/q+1. The van der Waals surface area contributed by atoms with E-state index in [9.17, 15) is 4.79 Å². The van der Waals surface area contributed by atoms with Gasteiger partial charge in [0.1, 0.15) is 14.4 Å². The highest BCUT2D eigenvalue weighted by atomic mass is 32.2. The van der Waals surface area contributed by atoms with E-state index in [0.29, 0.717) is 5.92 Å². The smallest absolute Gasteiger partial charge is 0.223 e. The van der Waals surface area contributed by atoms with Crippen LogP contribution in [-0.4, -0.2) is 17.2 Å². The molecule has 6 heteroatoms. The van der Waals surface area contributed by atoms with Gasteiger partial charge in [-0.3, -0.25) is 4.79 Å². The van der Waals surface area contributed by atoms with Crippen molar-refractivity contribution in [2.45, 2.75) is 31.4 Å². The summed E-state index contributed by atoms with van der Waals surface area (Å²) >= 11 is 5.54. The van der Waals surface area contributed by atoms with Gasteiger partial charge in [0.05, 0.1) is 16.8 Å². The second kappa shape index (κ2) is 6.80. The van der Waals surface area contributed by atoms with Crippen molar-refractivity contribution in [2.75, 3.05) is 11.4 Å². The Hall–Kier alpha value is -0.690. The van der Waals surface area contributed by atoms with Crippen molar-refractivity contribution in [3.8, 4) is 0 Å². The van der Waals surface area contributed by atoms with Gasteiger partial charge in [-0.15, -0.1) is 0 Å². The van der Waals surface area contributed by atoms with Gasteiger partial charge in [-0.05, 0) is 48.1 Å². The zero-order chi connectivity index (χ0) is 17.6. The fraction of sp³-hybridized carbons (Fsp3) is 0.316. The number of benzene rings is 1. The molecule has 1 aromatic rings. The van der Waals surface area contributed by atoms with Crippen molar-refractivity contribution in [2.24, 2.45) is 0 Å². The van der Waals surface area contributed by atoms with Crippen LogP contribution in [0.3, 0.4) is 0 Å². The zero-order valence-corrected chi connectivity index (χ0v) is 17.7. The first-order valence-electron chi connectivity index (χ1n) is 8.16. The van der Waals surface area contributed by atoms with Gasteiger partial charge in [0.25, 0.3) is 0 Å². The molecule has 0 fully saturated rings. The van der Waals surface area contributed by atoms with Gasteiger partial charge in [0.15, 0.2) is 0 Å². The molecular weight excluding hydrogens is 386 g/mol. The van der Waals surface area contributed by atoms with Crippen LogP contribution in [0.15, 0.2) is 54.4 Å². The molecule has 1 amide bonds. The lowest BCUT2D eigenvalue weighted by atomic mass is 9.89. The molecule has 0 N–H and O–H groups in total. The largest absolute Gasteiger partial charge is 0.312 e. The summed E-state index contributed by atoms with van der Waals surface area (Å²) in [5.74, 6) is 0.481. The number of thioether (sulfide) groups is 3. The van der Waals surface area contributed by atoms with Gasteiger partial charge in [-0.25, -0.2) is 0 Å². The van der Waals surface area contributed by atoms with Crippen LogP contribution in [0.1, 0.15) is 32.3 Å². The van der Waals surface area contributed by atoms with Gasteiger partial charge in [-0.1, -0.05) is 41.7 Å². The van der Waals surface area contributed by atoms with E-state index in [1.807, 2.05) is 46.3 Å². The molecule has 2 unspecified atom stereocenters. The number of hydrogen-bond donors (Lipinski definition) is 0. The number of fused-ring (bicyclic) bond motifs is 1. The Bertz CT molecular complexity index is 801. The summed E-state index contributed by atoms with van der Waals surface area (Å²) < 4.78 is 2.97. The molecular formula is C19H20NOS4+. The van der Waals surface area contributed by atoms with Crippen LogP contribution >= 0.6 is 35.3 Å². The topological polar surface area (TPSA) is 20.3 Å². The van der Waals surface area contributed by atoms with E-state index >= 15 is 0 Å². The minimum Gasteiger partial charge on any atom is -0.312 e. The number of para-hydroxylation sites is 1. The Labute approximate surface area is 164 Å². The molecule has 0 spiro atoms. The lowest BCUT2D eigenvalue weighted by Crippen LogP contribution is -2.40. The lowest BCUT2D eigenvalue weighted by Gasteiger charge is -2.29. The number of hydrogen-bond acceptors (Lipinski definition) is 4. The summed E-state index contributed by atoms with van der Waals surface area (Å²) in [7, 11) is 0.0519. The van der Waals surface area contributed by atoms with Gasteiger partial charge >= 0.3 is 0 Å². The minimum atomic E-state index is 0.0519. The van der Waals surface area contributed by atoms with Crippen molar-refractivity contribution < 1.29 is 4.79 Å². The number of carbonyl (C=O) groups is 1. The second-order valence-corrected chi connectivity index (χ2v) is 12.3. The molecule has 0 saturated carbocycles. The van der Waals surface area contributed by atoms with Crippen LogP contribution in [0.4, 0.5) is 5.69 Å². The van der Waals surface area contributed by atoms with Crippen LogP contribution in [0.5, 0.6) is 0 Å². The highest BCUT2D eigenvalue weighted by molar-refractivity contribution is 8.32. The van der Waals surface area contributed by atoms with Crippen LogP contribution in [0.25, 0.3) is 0 Å². The number of nitrogens with zero attached hydrogens (tertiary/aromatic N) is 1. The molecule has 2 atom stereocenters. The van der Waals surface area contributed by atoms with E-state index in [2.05, 4.69) is 53.7 Å². The van der Waals surface area contributed by atoms with Crippen molar-refractivity contribution in [1.82, 2.24) is 0 Å². The molecule has 1 aromatic carbocycles. The third-order valence-corrected chi connectivity index (χ3v) is 11.7. The van der Waals surface area contributed by atoms with E-state index in [1.54, 1.807) is 6.92 Å². The third-order valence-electron chi connectivity index (χ3n) is 4.89. The SMILES string of the molecule is CC(=O)N1CC(C(C)(C)[S+]2C=CSC2=C2SC=CS2)c2ccccc21. The summed E-state index contributed by atoms with van der Waals surface area (Å²) in [5.41, 5.74) is 2.41.